The van der Waals surface area contributed by atoms with Crippen molar-refractivity contribution >= 4 is 23.9 Å². The van der Waals surface area contributed by atoms with Crippen LogP contribution in [0, 0.1) is 0 Å². The van der Waals surface area contributed by atoms with E-state index >= 15 is 0 Å². The van der Waals surface area contributed by atoms with E-state index in [9.17, 15) is 39.6 Å². The van der Waals surface area contributed by atoms with Gasteiger partial charge < -0.3 is 39.6 Å². The fourth-order valence-electron chi connectivity index (χ4n) is 5.06. The first-order valence-corrected chi connectivity index (χ1v) is 20.3. The monoisotopic (exact) mass is 860 g/mol. The molecule has 0 spiro atoms. The summed E-state index contributed by atoms with van der Waals surface area (Å²) in [5, 5.41) is 40.2. The van der Waals surface area contributed by atoms with Crippen molar-refractivity contribution in [1.82, 2.24) is 0 Å². The van der Waals surface area contributed by atoms with Gasteiger partial charge in [-0.3, -0.25) is 0 Å². The standard InChI is InChI=1S/4C11H20O2.2Zn/c4*1-2-3-4-5-6-7-8-9-10-11(12)13;;/h4*2H,1,3-10H2,(H,12,13);;/q;;;;2*+2/p-4. The van der Waals surface area contributed by atoms with Gasteiger partial charge in [0.25, 0.3) is 0 Å². The van der Waals surface area contributed by atoms with Crippen LogP contribution in [-0.4, -0.2) is 23.9 Å². The van der Waals surface area contributed by atoms with Crippen LogP contribution in [0.4, 0.5) is 0 Å². The van der Waals surface area contributed by atoms with Crippen LogP contribution in [0.15, 0.2) is 50.6 Å². The summed E-state index contributed by atoms with van der Waals surface area (Å²) in [5.41, 5.74) is 0. The number of unbranched alkanes of at least 4 members (excludes halogenated alkanes) is 24. The first kappa shape index (κ1) is 64.0. The Balaban J connectivity index is -0.000000140. The molecule has 54 heavy (non-hydrogen) atoms. The first-order chi connectivity index (χ1) is 25.1. The second kappa shape index (κ2) is 60.3. The Morgan fingerprint density at radius 1 is 0.278 bits per heavy atom. The van der Waals surface area contributed by atoms with Gasteiger partial charge in [0.2, 0.25) is 0 Å². The SMILES string of the molecule is C=CCCCCCCCCC(=O)[O-].C=CCCCCCCCCC(=O)[O-].C=CCCCCCCCCC(=O)[O-].C=CCCCCCCCCC(=O)[O-].[Zn+2].[Zn+2]. The number of carbonyl (C=O) groups is 4. The summed E-state index contributed by atoms with van der Waals surface area (Å²) >= 11 is 0. The van der Waals surface area contributed by atoms with Gasteiger partial charge in [-0.05, 0) is 103 Å². The Morgan fingerprint density at radius 3 is 0.537 bits per heavy atom. The van der Waals surface area contributed by atoms with Crippen LogP contribution in [0.5, 0.6) is 0 Å². The van der Waals surface area contributed by atoms with Gasteiger partial charge >= 0.3 is 39.0 Å². The maximum atomic E-state index is 10.1. The molecule has 0 heterocycles. The molecule has 0 N–H and O–H groups in total. The van der Waals surface area contributed by atoms with E-state index in [1.54, 1.807) is 0 Å². The number of carboxylic acid groups (broad SMARTS) is 4. The van der Waals surface area contributed by atoms with Gasteiger partial charge in [0.1, 0.15) is 0 Å². The third-order valence-electron chi connectivity index (χ3n) is 8.16. The molecule has 8 nitrogen and oxygen atoms in total. The average Bonchev–Trinajstić information content (AvgIpc) is 3.10. The molecule has 0 aromatic heterocycles. The largest absolute Gasteiger partial charge is 2.00 e. The molecule has 0 unspecified atom stereocenters. The number of carbonyl (C=O) groups excluding carboxylic acids is 4. The zero-order valence-electron chi connectivity index (χ0n) is 34.4. The fourth-order valence-corrected chi connectivity index (χ4v) is 5.06. The van der Waals surface area contributed by atoms with Gasteiger partial charge in [0, 0.05) is 23.9 Å². The van der Waals surface area contributed by atoms with Crippen molar-refractivity contribution < 1.29 is 78.6 Å². The summed E-state index contributed by atoms with van der Waals surface area (Å²) in [5.74, 6) is -3.70. The molecule has 0 aliphatic rings. The van der Waals surface area contributed by atoms with Crippen molar-refractivity contribution in [1.29, 1.82) is 0 Å². The number of rotatable bonds is 36. The molecular formula is C44H76O8Zn2. The normalized spacial score (nSPS) is 9.48. The molecule has 0 aromatic rings. The van der Waals surface area contributed by atoms with Crippen LogP contribution in [0.25, 0.3) is 0 Å². The van der Waals surface area contributed by atoms with Crippen molar-refractivity contribution in [3.05, 3.63) is 50.6 Å². The van der Waals surface area contributed by atoms with E-state index in [0.29, 0.717) is 0 Å². The quantitative estimate of drug-likeness (QED) is 0.0347. The Morgan fingerprint density at radius 2 is 0.407 bits per heavy atom. The summed E-state index contributed by atoms with van der Waals surface area (Å²) < 4.78 is 0. The average molecular weight is 864 g/mol. The van der Waals surface area contributed by atoms with Gasteiger partial charge in [0.15, 0.2) is 0 Å². The van der Waals surface area contributed by atoms with Crippen molar-refractivity contribution in [2.24, 2.45) is 0 Å². The predicted octanol–water partition coefficient (Wildman–Crippen LogP) is 8.17. The molecule has 10 heteroatoms. The van der Waals surface area contributed by atoms with Gasteiger partial charge in [0.05, 0.1) is 0 Å². The van der Waals surface area contributed by atoms with Crippen molar-refractivity contribution in [3.63, 3.8) is 0 Å². The number of aliphatic carboxylic acids is 4. The molecule has 0 aromatic carbocycles. The summed E-state index contributed by atoms with van der Waals surface area (Å²) in [6.45, 7) is 14.6. The molecule has 0 radical (unpaired) electrons. The molecular weight excluding hydrogens is 787 g/mol. The van der Waals surface area contributed by atoms with E-state index in [1.807, 2.05) is 24.3 Å². The van der Waals surface area contributed by atoms with Gasteiger partial charge in [-0.15, -0.1) is 26.3 Å². The van der Waals surface area contributed by atoms with Gasteiger partial charge in [-0.2, -0.15) is 0 Å². The molecule has 0 aliphatic heterocycles. The van der Waals surface area contributed by atoms with Gasteiger partial charge in [-0.1, -0.05) is 127 Å². The third kappa shape index (κ3) is 83.2. The van der Waals surface area contributed by atoms with E-state index in [0.717, 1.165) is 103 Å². The second-order valence-electron chi connectivity index (χ2n) is 13.3. The summed E-state index contributed by atoms with van der Waals surface area (Å²) in [4.78, 5) is 40.2. The van der Waals surface area contributed by atoms with Crippen LogP contribution in [0.3, 0.4) is 0 Å². The van der Waals surface area contributed by atoms with E-state index in [2.05, 4.69) is 26.3 Å². The van der Waals surface area contributed by atoms with E-state index in [1.165, 1.54) is 77.0 Å². The summed E-state index contributed by atoms with van der Waals surface area (Å²) in [6.07, 6.45) is 39.3. The number of hydrogen-bond donors (Lipinski definition) is 0. The van der Waals surface area contributed by atoms with E-state index in [-0.39, 0.29) is 64.6 Å². The third-order valence-corrected chi connectivity index (χ3v) is 8.16. The smallest absolute Gasteiger partial charge is 0.550 e. The van der Waals surface area contributed by atoms with Crippen LogP contribution < -0.4 is 20.4 Å². The zero-order chi connectivity index (χ0) is 39.8. The summed E-state index contributed by atoms with van der Waals surface area (Å²) in [7, 11) is 0. The number of carboxylic acids is 4. The van der Waals surface area contributed by atoms with Crippen molar-refractivity contribution in [2.75, 3.05) is 0 Å². The Labute approximate surface area is 356 Å². The maximum Gasteiger partial charge on any atom is 2.00 e. The fraction of sp³-hybridized carbons (Fsp3) is 0.727. The van der Waals surface area contributed by atoms with Crippen molar-refractivity contribution in [2.45, 2.75) is 205 Å². The minimum absolute atomic E-state index is 0. The first-order valence-electron chi connectivity index (χ1n) is 20.3. The molecule has 0 saturated carbocycles. The molecule has 304 valence electrons. The Hall–Kier alpha value is -1.91. The van der Waals surface area contributed by atoms with E-state index < -0.39 is 23.9 Å². The predicted molar refractivity (Wildman–Crippen MR) is 209 cm³/mol. The Bertz CT molecular complexity index is 712. The van der Waals surface area contributed by atoms with Crippen LogP contribution in [0.1, 0.15) is 205 Å². The molecule has 0 rings (SSSR count). The number of hydrogen-bond acceptors (Lipinski definition) is 8. The molecule has 0 bridgehead atoms. The van der Waals surface area contributed by atoms with Crippen LogP contribution >= 0.6 is 0 Å². The van der Waals surface area contributed by atoms with Gasteiger partial charge in [-0.25, -0.2) is 0 Å². The van der Waals surface area contributed by atoms with Crippen LogP contribution in [-0.2, 0) is 58.1 Å². The maximum absolute atomic E-state index is 10.1. The summed E-state index contributed by atoms with van der Waals surface area (Å²) in [6, 6.07) is 0. The number of allylic oxidation sites excluding steroid dienone is 4. The minimum Gasteiger partial charge on any atom is -0.550 e. The molecule has 0 fully saturated rings. The van der Waals surface area contributed by atoms with E-state index in [4.69, 9.17) is 0 Å². The second-order valence-corrected chi connectivity index (χ2v) is 13.3. The van der Waals surface area contributed by atoms with Crippen LogP contribution in [0.2, 0.25) is 0 Å². The Kier molecular flexibility index (Phi) is 71.5. The molecule has 0 aliphatic carbocycles. The molecule has 0 atom stereocenters. The topological polar surface area (TPSA) is 161 Å². The zero-order valence-corrected chi connectivity index (χ0v) is 40.4. The minimum atomic E-state index is -0.924. The van der Waals surface area contributed by atoms with Crippen molar-refractivity contribution in [3.8, 4) is 0 Å². The molecule has 0 saturated heterocycles. The molecule has 0 amide bonds.